The molecule has 8 aromatic rings. The first-order valence-corrected chi connectivity index (χ1v) is 21.1. The third-order valence-corrected chi connectivity index (χ3v) is 11.4. The number of fused-ring (bicyclic) bond motifs is 2. The third kappa shape index (κ3) is 8.86. The number of carbonyl (C=O) groups is 2. The Labute approximate surface area is 382 Å². The summed E-state index contributed by atoms with van der Waals surface area (Å²) in [4.78, 5) is 49.4. The number of benzene rings is 4. The number of aryl methyl sites for hydroxylation is 1. The number of ketones is 1. The number of likely N-dealkylation sites (N-methyl/N-ethyl adjacent to an activating group) is 2. The van der Waals surface area contributed by atoms with Gasteiger partial charge in [-0.1, -0.05) is 43.0 Å². The van der Waals surface area contributed by atoms with Crippen molar-refractivity contribution < 1.29 is 28.5 Å². The van der Waals surface area contributed by atoms with Gasteiger partial charge in [0.2, 0.25) is 17.5 Å². The number of H-pyrrole nitrogens is 1. The summed E-state index contributed by atoms with van der Waals surface area (Å²) >= 11 is 0. The Morgan fingerprint density at radius 3 is 2.14 bits per heavy atom. The first-order chi connectivity index (χ1) is 31.9. The number of hydrogen-bond donors (Lipinski definition) is 3. The smallest absolute Gasteiger partial charge is 0.252 e. The van der Waals surface area contributed by atoms with E-state index in [1.807, 2.05) is 93.6 Å². The Hall–Kier alpha value is -8.11. The lowest BCUT2D eigenvalue weighted by Gasteiger charge is -2.26. The molecule has 0 spiro atoms. The number of anilines is 4. The topological polar surface area (TPSA) is 166 Å². The van der Waals surface area contributed by atoms with Crippen LogP contribution in [0.15, 0.2) is 116 Å². The lowest BCUT2D eigenvalue weighted by Crippen LogP contribution is -2.29. The Morgan fingerprint density at radius 1 is 0.773 bits per heavy atom. The average molecular weight is 889 g/mol. The van der Waals surface area contributed by atoms with E-state index in [-0.39, 0.29) is 23.9 Å². The molecule has 4 aromatic carbocycles. The minimum atomic E-state index is -0.377. The van der Waals surface area contributed by atoms with Crippen molar-refractivity contribution in [3.05, 3.63) is 127 Å². The SMILES string of the molecule is C=C(Cn1cc(-c2ncc(C(=O)c3cc(OC)c(OC)c(OC)c3)[nH]2)c2ccccc21)C(=O)Nc1cc(Nc2nccc(-c3cn(C)c4ccccc34)n2)c(OC)cc1N(C)CCN(C)C. The summed E-state index contributed by atoms with van der Waals surface area (Å²) in [7, 11) is 14.1. The van der Waals surface area contributed by atoms with Gasteiger partial charge in [-0.15, -0.1) is 0 Å². The van der Waals surface area contributed by atoms with Crippen molar-refractivity contribution >= 4 is 56.5 Å². The number of aromatic nitrogens is 6. The Kier molecular flexibility index (Phi) is 12.8. The molecule has 16 heteroatoms. The molecule has 66 heavy (non-hydrogen) atoms. The highest BCUT2D eigenvalue weighted by atomic mass is 16.5. The van der Waals surface area contributed by atoms with Gasteiger partial charge in [0, 0.05) is 95.9 Å². The number of methoxy groups -OCH3 is 4. The number of hydrogen-bond acceptors (Lipinski definition) is 12. The maximum absolute atomic E-state index is 14.2. The van der Waals surface area contributed by atoms with Gasteiger partial charge in [0.15, 0.2) is 11.5 Å². The highest BCUT2D eigenvalue weighted by Crippen LogP contribution is 2.40. The fourth-order valence-corrected chi connectivity index (χ4v) is 7.95. The summed E-state index contributed by atoms with van der Waals surface area (Å²) in [6, 6.07) is 24.8. The zero-order valence-electron chi connectivity index (χ0n) is 38.2. The second-order valence-corrected chi connectivity index (χ2v) is 16.0. The Bertz CT molecular complexity index is 3090. The summed E-state index contributed by atoms with van der Waals surface area (Å²) in [6.07, 6.45) is 7.17. The van der Waals surface area contributed by atoms with Crippen LogP contribution in [0.4, 0.5) is 23.0 Å². The minimum Gasteiger partial charge on any atom is -0.494 e. The summed E-state index contributed by atoms with van der Waals surface area (Å²) in [5, 5.41) is 8.45. The summed E-state index contributed by atoms with van der Waals surface area (Å²) in [5.41, 5.74) is 7.16. The van der Waals surface area contributed by atoms with E-state index in [1.54, 1.807) is 25.4 Å². The molecular formula is C50H52N10O6. The van der Waals surface area contributed by atoms with Crippen LogP contribution in [0.1, 0.15) is 16.1 Å². The average Bonchev–Trinajstić information content (AvgIpc) is 4.06. The fourth-order valence-electron chi connectivity index (χ4n) is 7.95. The van der Waals surface area contributed by atoms with E-state index in [4.69, 9.17) is 23.9 Å². The van der Waals surface area contributed by atoms with Crippen LogP contribution in [-0.4, -0.2) is 108 Å². The predicted molar refractivity (Wildman–Crippen MR) is 259 cm³/mol. The van der Waals surface area contributed by atoms with E-state index in [0.29, 0.717) is 63.8 Å². The van der Waals surface area contributed by atoms with Gasteiger partial charge in [0.25, 0.3) is 5.91 Å². The lowest BCUT2D eigenvalue weighted by molar-refractivity contribution is -0.113. The van der Waals surface area contributed by atoms with Gasteiger partial charge >= 0.3 is 0 Å². The van der Waals surface area contributed by atoms with Gasteiger partial charge in [-0.25, -0.2) is 15.0 Å². The molecule has 4 aromatic heterocycles. The predicted octanol–water partition coefficient (Wildman–Crippen LogP) is 8.18. The fraction of sp³-hybridized carbons (Fsp3) is 0.220. The standard InChI is InChI=1S/C50H52N10O6/c1-30(27-60-29-35(33-15-11-13-17-41(33)60)48-52-26-39(53-48)46(61)31-22-44(64-7)47(66-9)45(23-31)65-8)49(62)54-37-24-38(43(63-6)25-42(37)58(4)21-20-57(2)3)56-50-51-19-18-36(55-50)34-28-59(5)40-16-12-10-14-32(34)40/h10-19,22-26,28-29H,1,20-21,27H2,2-9H3,(H,52,53)(H,54,62)(H,51,55,56). The van der Waals surface area contributed by atoms with Crippen LogP contribution < -0.4 is 34.5 Å². The second kappa shape index (κ2) is 18.9. The van der Waals surface area contributed by atoms with Crippen LogP contribution in [0.25, 0.3) is 44.5 Å². The number of rotatable bonds is 18. The van der Waals surface area contributed by atoms with Crippen LogP contribution in [0.5, 0.6) is 23.0 Å². The molecule has 16 nitrogen and oxygen atoms in total. The number of nitrogens with one attached hydrogen (secondary N) is 3. The molecular weight excluding hydrogens is 837 g/mol. The van der Waals surface area contributed by atoms with Gasteiger partial charge in [-0.3, -0.25) is 9.59 Å². The maximum atomic E-state index is 14.2. The zero-order valence-corrected chi connectivity index (χ0v) is 38.2. The molecule has 4 heterocycles. The van der Waals surface area contributed by atoms with E-state index in [1.165, 1.54) is 27.5 Å². The van der Waals surface area contributed by atoms with Gasteiger partial charge in [-0.05, 0) is 50.5 Å². The molecule has 0 saturated heterocycles. The van der Waals surface area contributed by atoms with Gasteiger partial charge in [0.1, 0.15) is 17.3 Å². The quantitative estimate of drug-likeness (QED) is 0.0560. The Balaban J connectivity index is 1.06. The van der Waals surface area contributed by atoms with E-state index in [2.05, 4.69) is 64.9 Å². The van der Waals surface area contributed by atoms with E-state index in [0.717, 1.165) is 50.9 Å². The van der Waals surface area contributed by atoms with Crippen molar-refractivity contribution in [2.75, 3.05) is 78.2 Å². The molecule has 0 aliphatic carbocycles. The molecule has 0 radical (unpaired) electrons. The van der Waals surface area contributed by atoms with Crippen molar-refractivity contribution in [3.63, 3.8) is 0 Å². The van der Waals surface area contributed by atoms with E-state index in [9.17, 15) is 9.59 Å². The molecule has 0 unspecified atom stereocenters. The van der Waals surface area contributed by atoms with Crippen molar-refractivity contribution in [2.24, 2.45) is 7.05 Å². The zero-order chi connectivity index (χ0) is 46.6. The Morgan fingerprint density at radius 2 is 1.45 bits per heavy atom. The number of para-hydroxylation sites is 2. The number of imidazole rings is 1. The third-order valence-electron chi connectivity index (χ3n) is 11.4. The van der Waals surface area contributed by atoms with Crippen molar-refractivity contribution in [2.45, 2.75) is 6.54 Å². The van der Waals surface area contributed by atoms with Crippen LogP contribution in [0, 0.1) is 0 Å². The van der Waals surface area contributed by atoms with Crippen LogP contribution >= 0.6 is 0 Å². The molecule has 0 aliphatic heterocycles. The molecule has 0 atom stereocenters. The van der Waals surface area contributed by atoms with Gasteiger partial charge < -0.3 is 53.5 Å². The normalized spacial score (nSPS) is 11.2. The van der Waals surface area contributed by atoms with Crippen molar-refractivity contribution in [1.29, 1.82) is 0 Å². The first-order valence-electron chi connectivity index (χ1n) is 21.1. The number of aromatic amines is 1. The van der Waals surface area contributed by atoms with Gasteiger partial charge in [-0.2, -0.15) is 0 Å². The largest absolute Gasteiger partial charge is 0.494 e. The lowest BCUT2D eigenvalue weighted by atomic mass is 10.1. The summed E-state index contributed by atoms with van der Waals surface area (Å²) in [5.74, 6) is 1.79. The molecule has 338 valence electrons. The highest BCUT2D eigenvalue weighted by molar-refractivity contribution is 6.09. The highest BCUT2D eigenvalue weighted by Gasteiger charge is 2.23. The number of ether oxygens (including phenoxy) is 4. The molecule has 1 amide bonds. The van der Waals surface area contributed by atoms with E-state index >= 15 is 0 Å². The summed E-state index contributed by atoms with van der Waals surface area (Å²) < 4.78 is 26.3. The summed E-state index contributed by atoms with van der Waals surface area (Å²) in [6.45, 7) is 5.84. The van der Waals surface area contributed by atoms with E-state index < -0.39 is 0 Å². The minimum absolute atomic E-state index is 0.159. The molecule has 3 N–H and O–H groups in total. The monoisotopic (exact) mass is 888 g/mol. The number of amides is 1. The van der Waals surface area contributed by atoms with Crippen LogP contribution in [-0.2, 0) is 18.4 Å². The first kappa shape index (κ1) is 44.5. The number of carbonyl (C=O) groups excluding carboxylic acids is 2. The maximum Gasteiger partial charge on any atom is 0.252 e. The van der Waals surface area contributed by atoms with Crippen LogP contribution in [0.3, 0.4) is 0 Å². The van der Waals surface area contributed by atoms with Crippen molar-refractivity contribution in [1.82, 2.24) is 34.0 Å². The molecule has 0 saturated carbocycles. The van der Waals surface area contributed by atoms with Crippen molar-refractivity contribution in [3.8, 4) is 45.6 Å². The molecule has 0 bridgehead atoms. The molecule has 0 fully saturated rings. The van der Waals surface area contributed by atoms with Crippen LogP contribution in [0.2, 0.25) is 0 Å². The second-order valence-electron chi connectivity index (χ2n) is 16.0. The molecule has 8 rings (SSSR count). The molecule has 0 aliphatic rings. The van der Waals surface area contributed by atoms with Gasteiger partial charge in [0.05, 0.1) is 63.9 Å². The number of nitrogens with zero attached hydrogens (tertiary/aromatic N) is 7.